The Hall–Kier alpha value is -3.06. The standard InChI is InChI=1S/C24H29N5O2/c25-24(30)31-21-8-4-7-20-22(21)27-23(26-20)17-9-11-19(12-10-17)29-15-13-28(14-16-29)18-5-2-1-3-6-18/h4,7-12,18H,1-3,5-6,13-16H2,(H2,25,30)(H,26,27). The normalized spacial score (nSPS) is 18.4. The molecular formula is C24H29N5O2. The lowest BCUT2D eigenvalue weighted by atomic mass is 9.94. The van der Waals surface area contributed by atoms with Gasteiger partial charge in [0.05, 0.1) is 5.52 Å². The number of nitrogens with one attached hydrogen (secondary N) is 1. The monoisotopic (exact) mass is 419 g/mol. The van der Waals surface area contributed by atoms with Gasteiger partial charge in [0, 0.05) is 43.5 Å². The van der Waals surface area contributed by atoms with Crippen LogP contribution in [0, 0.1) is 0 Å². The first kappa shape index (κ1) is 19.9. The molecule has 3 aromatic rings. The molecule has 2 aliphatic rings. The number of amides is 1. The van der Waals surface area contributed by atoms with Gasteiger partial charge in [0.1, 0.15) is 11.3 Å². The molecule has 0 spiro atoms. The second kappa shape index (κ2) is 8.59. The molecule has 1 saturated carbocycles. The zero-order chi connectivity index (χ0) is 21.2. The number of imidazole rings is 1. The molecule has 1 aliphatic heterocycles. The van der Waals surface area contributed by atoms with Crippen molar-refractivity contribution in [1.29, 1.82) is 0 Å². The number of aromatic nitrogens is 2. The van der Waals surface area contributed by atoms with Crippen LogP contribution in [0.4, 0.5) is 10.5 Å². The van der Waals surface area contributed by atoms with Crippen molar-refractivity contribution in [3.05, 3.63) is 42.5 Å². The first-order valence-corrected chi connectivity index (χ1v) is 11.2. The maximum absolute atomic E-state index is 11.1. The minimum atomic E-state index is -0.843. The number of hydrogen-bond acceptors (Lipinski definition) is 5. The molecule has 1 amide bonds. The lowest BCUT2D eigenvalue weighted by molar-refractivity contribution is 0.148. The zero-order valence-corrected chi connectivity index (χ0v) is 17.7. The van der Waals surface area contributed by atoms with Gasteiger partial charge in [-0.3, -0.25) is 4.90 Å². The summed E-state index contributed by atoms with van der Waals surface area (Å²) in [4.78, 5) is 24.2. The van der Waals surface area contributed by atoms with E-state index >= 15 is 0 Å². The Kier molecular flexibility index (Phi) is 5.51. The van der Waals surface area contributed by atoms with E-state index in [1.807, 2.05) is 6.07 Å². The van der Waals surface area contributed by atoms with Gasteiger partial charge < -0.3 is 20.4 Å². The Morgan fingerprint density at radius 2 is 1.74 bits per heavy atom. The third kappa shape index (κ3) is 4.23. The number of nitrogens with zero attached hydrogens (tertiary/aromatic N) is 3. The van der Waals surface area contributed by atoms with Crippen LogP contribution in [-0.2, 0) is 0 Å². The molecule has 162 valence electrons. The number of primary amides is 1. The second-order valence-electron chi connectivity index (χ2n) is 8.52. The van der Waals surface area contributed by atoms with E-state index in [0.717, 1.165) is 49.1 Å². The van der Waals surface area contributed by atoms with E-state index in [-0.39, 0.29) is 0 Å². The predicted octanol–water partition coefficient (Wildman–Crippen LogP) is 4.14. The summed E-state index contributed by atoms with van der Waals surface area (Å²) in [5.74, 6) is 1.10. The number of carbonyl (C=O) groups is 1. The van der Waals surface area contributed by atoms with Crippen molar-refractivity contribution in [2.24, 2.45) is 5.73 Å². The Morgan fingerprint density at radius 3 is 2.45 bits per heavy atom. The molecular weight excluding hydrogens is 390 g/mol. The van der Waals surface area contributed by atoms with Gasteiger partial charge in [-0.15, -0.1) is 0 Å². The Bertz CT molecular complexity index is 1050. The highest BCUT2D eigenvalue weighted by molar-refractivity contribution is 5.87. The van der Waals surface area contributed by atoms with Crippen molar-refractivity contribution in [3.63, 3.8) is 0 Å². The first-order valence-electron chi connectivity index (χ1n) is 11.2. The SMILES string of the molecule is NC(=O)Oc1cccc2[nH]c(-c3ccc(N4CCN(C5CCCCC5)CC4)cc3)nc12. The van der Waals surface area contributed by atoms with E-state index in [9.17, 15) is 4.79 Å². The summed E-state index contributed by atoms with van der Waals surface area (Å²) in [6.45, 7) is 4.46. The van der Waals surface area contributed by atoms with Gasteiger partial charge in [0.25, 0.3) is 0 Å². The molecule has 7 heteroatoms. The van der Waals surface area contributed by atoms with E-state index in [0.29, 0.717) is 11.3 Å². The summed E-state index contributed by atoms with van der Waals surface area (Å²) >= 11 is 0. The Balaban J connectivity index is 1.28. The third-order valence-electron chi connectivity index (χ3n) is 6.60. The van der Waals surface area contributed by atoms with Crippen LogP contribution in [0.3, 0.4) is 0 Å². The van der Waals surface area contributed by atoms with E-state index in [1.165, 1.54) is 37.8 Å². The fraction of sp³-hybridized carbons (Fsp3) is 0.417. The molecule has 2 fully saturated rings. The molecule has 0 unspecified atom stereocenters. The number of rotatable bonds is 4. The van der Waals surface area contributed by atoms with Crippen LogP contribution >= 0.6 is 0 Å². The van der Waals surface area contributed by atoms with Crippen LogP contribution < -0.4 is 15.4 Å². The van der Waals surface area contributed by atoms with Gasteiger partial charge in [0.2, 0.25) is 0 Å². The molecule has 1 aromatic heterocycles. The van der Waals surface area contributed by atoms with Gasteiger partial charge in [-0.2, -0.15) is 0 Å². The van der Waals surface area contributed by atoms with Gasteiger partial charge in [-0.1, -0.05) is 25.3 Å². The fourth-order valence-corrected chi connectivity index (χ4v) is 4.95. The van der Waals surface area contributed by atoms with Gasteiger partial charge in [-0.05, 0) is 49.2 Å². The smallest absolute Gasteiger partial charge is 0.408 e. The summed E-state index contributed by atoms with van der Waals surface area (Å²) in [5, 5.41) is 0. The van der Waals surface area contributed by atoms with E-state index < -0.39 is 6.09 Å². The van der Waals surface area contributed by atoms with Crippen molar-refractivity contribution >= 4 is 22.8 Å². The molecule has 2 aromatic carbocycles. The summed E-state index contributed by atoms with van der Waals surface area (Å²) in [5.41, 5.74) is 8.81. The van der Waals surface area contributed by atoms with Crippen molar-refractivity contribution in [3.8, 4) is 17.1 Å². The van der Waals surface area contributed by atoms with E-state index in [4.69, 9.17) is 10.5 Å². The average molecular weight is 420 g/mol. The number of aromatic amines is 1. The van der Waals surface area contributed by atoms with Crippen LogP contribution in [-0.4, -0.2) is 53.2 Å². The minimum Gasteiger partial charge on any atom is -0.408 e. The zero-order valence-electron chi connectivity index (χ0n) is 17.7. The number of carbonyl (C=O) groups excluding carboxylic acids is 1. The predicted molar refractivity (Wildman–Crippen MR) is 122 cm³/mol. The number of ether oxygens (including phenoxy) is 1. The summed E-state index contributed by atoms with van der Waals surface area (Å²) < 4.78 is 5.07. The van der Waals surface area contributed by atoms with Gasteiger partial charge >= 0.3 is 6.09 Å². The second-order valence-corrected chi connectivity index (χ2v) is 8.52. The molecule has 2 heterocycles. The molecule has 1 aliphatic carbocycles. The number of anilines is 1. The lowest BCUT2D eigenvalue weighted by Gasteiger charge is -2.41. The van der Waals surface area contributed by atoms with Gasteiger partial charge in [-0.25, -0.2) is 9.78 Å². The highest BCUT2D eigenvalue weighted by atomic mass is 16.5. The first-order chi connectivity index (χ1) is 15.2. The summed E-state index contributed by atoms with van der Waals surface area (Å²) in [7, 11) is 0. The van der Waals surface area contributed by atoms with Crippen molar-refractivity contribution in [2.45, 2.75) is 38.1 Å². The molecule has 7 nitrogen and oxygen atoms in total. The number of H-pyrrole nitrogens is 1. The highest BCUT2D eigenvalue weighted by Crippen LogP contribution is 2.29. The molecule has 0 bridgehead atoms. The van der Waals surface area contributed by atoms with Crippen LogP contribution in [0.15, 0.2) is 42.5 Å². The summed E-state index contributed by atoms with van der Waals surface area (Å²) in [6.07, 6.45) is 6.10. The van der Waals surface area contributed by atoms with Crippen LogP contribution in [0.2, 0.25) is 0 Å². The van der Waals surface area contributed by atoms with E-state index in [2.05, 4.69) is 44.0 Å². The largest absolute Gasteiger partial charge is 0.410 e. The highest BCUT2D eigenvalue weighted by Gasteiger charge is 2.25. The molecule has 3 N–H and O–H groups in total. The van der Waals surface area contributed by atoms with Crippen molar-refractivity contribution in [1.82, 2.24) is 14.9 Å². The Labute approximate surface area is 182 Å². The minimum absolute atomic E-state index is 0.361. The Morgan fingerprint density at radius 1 is 1.00 bits per heavy atom. The van der Waals surface area contributed by atoms with Crippen molar-refractivity contribution in [2.75, 3.05) is 31.1 Å². The molecule has 5 rings (SSSR count). The molecule has 1 saturated heterocycles. The summed E-state index contributed by atoms with van der Waals surface area (Å²) in [6, 6.07) is 14.7. The molecule has 0 atom stereocenters. The maximum atomic E-state index is 11.1. The molecule has 0 radical (unpaired) electrons. The van der Waals surface area contributed by atoms with Crippen molar-refractivity contribution < 1.29 is 9.53 Å². The van der Waals surface area contributed by atoms with Gasteiger partial charge in [0.15, 0.2) is 5.75 Å². The molecule has 31 heavy (non-hydrogen) atoms. The van der Waals surface area contributed by atoms with Crippen LogP contribution in [0.1, 0.15) is 32.1 Å². The van der Waals surface area contributed by atoms with Crippen LogP contribution in [0.5, 0.6) is 5.75 Å². The number of nitrogens with two attached hydrogens (primary N) is 1. The number of hydrogen-bond donors (Lipinski definition) is 2. The average Bonchev–Trinajstić information content (AvgIpc) is 3.25. The number of fused-ring (bicyclic) bond motifs is 1. The fourth-order valence-electron chi connectivity index (χ4n) is 4.95. The number of piperazine rings is 1. The number of para-hydroxylation sites is 1. The maximum Gasteiger partial charge on any atom is 0.410 e. The third-order valence-corrected chi connectivity index (χ3v) is 6.60. The van der Waals surface area contributed by atoms with Crippen LogP contribution in [0.25, 0.3) is 22.4 Å². The lowest BCUT2D eigenvalue weighted by Crippen LogP contribution is -2.50. The topological polar surface area (TPSA) is 87.5 Å². The number of benzene rings is 2. The van der Waals surface area contributed by atoms with E-state index in [1.54, 1.807) is 12.1 Å². The quantitative estimate of drug-likeness (QED) is 0.664.